The number of hydrogen-bond acceptors (Lipinski definition) is 4. The number of aliphatic carboxylic acids is 1. The van der Waals surface area contributed by atoms with E-state index in [4.69, 9.17) is 15.3 Å². The van der Waals surface area contributed by atoms with Crippen molar-refractivity contribution in [3.63, 3.8) is 0 Å². The molecule has 0 unspecified atom stereocenters. The third-order valence-electron chi connectivity index (χ3n) is 2.24. The summed E-state index contributed by atoms with van der Waals surface area (Å²) in [7, 11) is 0. The molecule has 1 aromatic heterocycles. The molecular weight excluding hydrogens is 240 g/mol. The van der Waals surface area contributed by atoms with E-state index in [1.165, 1.54) is 6.07 Å². The van der Waals surface area contributed by atoms with Gasteiger partial charge in [-0.25, -0.2) is 4.79 Å². The van der Waals surface area contributed by atoms with E-state index in [0.717, 1.165) is 0 Å². The predicted octanol–water partition coefficient (Wildman–Crippen LogP) is -0.0996. The van der Waals surface area contributed by atoms with E-state index in [1.54, 1.807) is 6.07 Å². The van der Waals surface area contributed by atoms with Gasteiger partial charge in [-0.05, 0) is 12.1 Å². The Balaban J connectivity index is 2.71. The van der Waals surface area contributed by atoms with E-state index >= 15 is 0 Å². The Morgan fingerprint density at radius 2 is 2.11 bits per heavy atom. The zero-order valence-corrected chi connectivity index (χ0v) is 9.80. The fraction of sp³-hybridized carbons (Fsp3) is 0.364. The van der Waals surface area contributed by atoms with Crippen LogP contribution in [0.1, 0.15) is 29.7 Å². The maximum absolute atomic E-state index is 11.6. The molecule has 1 heterocycles. The minimum absolute atomic E-state index is 0.00238. The zero-order valence-electron chi connectivity index (χ0n) is 9.80. The van der Waals surface area contributed by atoms with Crippen LogP contribution < -0.4 is 11.1 Å². The summed E-state index contributed by atoms with van der Waals surface area (Å²) in [6, 6.07) is 1.71. The molecule has 0 fully saturated rings. The molecule has 1 atom stereocenters. The first-order valence-electron chi connectivity index (χ1n) is 5.34. The van der Waals surface area contributed by atoms with Crippen molar-refractivity contribution in [2.75, 3.05) is 0 Å². The molecule has 0 aromatic carbocycles. The van der Waals surface area contributed by atoms with E-state index in [-0.39, 0.29) is 5.76 Å². The summed E-state index contributed by atoms with van der Waals surface area (Å²) in [6.07, 6.45) is 0.152. The molecule has 0 aliphatic heterocycles. The highest BCUT2D eigenvalue weighted by molar-refractivity contribution is 5.95. The molecule has 2 amide bonds. The van der Waals surface area contributed by atoms with E-state index in [1.807, 2.05) is 6.92 Å². The number of nitrogens with one attached hydrogen (secondary N) is 1. The van der Waals surface area contributed by atoms with Crippen LogP contribution in [0, 0.1) is 0 Å². The van der Waals surface area contributed by atoms with Crippen LogP contribution in [0.3, 0.4) is 0 Å². The average molecular weight is 254 g/mol. The highest BCUT2D eigenvalue weighted by Gasteiger charge is 2.23. The molecule has 4 N–H and O–H groups in total. The first-order valence-corrected chi connectivity index (χ1v) is 5.34. The summed E-state index contributed by atoms with van der Waals surface area (Å²) in [6.45, 7) is 1.85. The van der Waals surface area contributed by atoms with Crippen LogP contribution in [-0.2, 0) is 16.0 Å². The first kappa shape index (κ1) is 13.8. The molecule has 1 rings (SSSR count). The number of nitrogens with two attached hydrogens (primary N) is 1. The second kappa shape index (κ2) is 5.85. The summed E-state index contributed by atoms with van der Waals surface area (Å²) in [5, 5.41) is 11.0. The number of amides is 2. The normalized spacial score (nSPS) is 11.8. The highest BCUT2D eigenvalue weighted by Crippen LogP contribution is 2.08. The molecule has 18 heavy (non-hydrogen) atoms. The largest absolute Gasteiger partial charge is 0.480 e. The molecule has 0 aliphatic rings. The average Bonchev–Trinajstić information content (AvgIpc) is 2.75. The number of carbonyl (C=O) groups is 3. The molecule has 0 bridgehead atoms. The Morgan fingerprint density at radius 1 is 1.44 bits per heavy atom. The molecule has 0 aliphatic carbocycles. The quantitative estimate of drug-likeness (QED) is 0.654. The van der Waals surface area contributed by atoms with Gasteiger partial charge in [0.25, 0.3) is 5.91 Å². The molecule has 0 spiro atoms. The van der Waals surface area contributed by atoms with Crippen molar-refractivity contribution < 1.29 is 23.9 Å². The smallest absolute Gasteiger partial charge is 0.326 e. The van der Waals surface area contributed by atoms with Crippen molar-refractivity contribution in [1.29, 1.82) is 0 Å². The predicted molar refractivity (Wildman–Crippen MR) is 60.8 cm³/mol. The zero-order chi connectivity index (χ0) is 13.7. The summed E-state index contributed by atoms with van der Waals surface area (Å²) in [4.78, 5) is 33.1. The van der Waals surface area contributed by atoms with Crippen molar-refractivity contribution in [3.05, 3.63) is 23.7 Å². The number of carbonyl (C=O) groups excluding carboxylic acids is 2. The van der Waals surface area contributed by atoms with Crippen molar-refractivity contribution >= 4 is 17.8 Å². The van der Waals surface area contributed by atoms with Gasteiger partial charge in [-0.2, -0.15) is 0 Å². The summed E-state index contributed by atoms with van der Waals surface area (Å²) in [5.41, 5.74) is 4.89. The Bertz CT molecular complexity index is 466. The van der Waals surface area contributed by atoms with Gasteiger partial charge in [0, 0.05) is 6.42 Å². The van der Waals surface area contributed by atoms with Crippen LogP contribution in [0.4, 0.5) is 0 Å². The number of hydrogen-bond donors (Lipinski definition) is 3. The lowest BCUT2D eigenvalue weighted by Gasteiger charge is -2.11. The van der Waals surface area contributed by atoms with Crippen molar-refractivity contribution in [2.45, 2.75) is 25.8 Å². The minimum Gasteiger partial charge on any atom is -0.480 e. The van der Waals surface area contributed by atoms with Crippen molar-refractivity contribution in [2.24, 2.45) is 5.73 Å². The molecular formula is C11H14N2O5. The molecule has 0 saturated heterocycles. The van der Waals surface area contributed by atoms with E-state index in [9.17, 15) is 14.4 Å². The molecule has 98 valence electrons. The lowest BCUT2D eigenvalue weighted by molar-refractivity contribution is -0.140. The van der Waals surface area contributed by atoms with Crippen LogP contribution in [0.15, 0.2) is 16.5 Å². The van der Waals surface area contributed by atoms with Crippen LogP contribution in [0.2, 0.25) is 0 Å². The van der Waals surface area contributed by atoms with Crippen LogP contribution >= 0.6 is 0 Å². The second-order valence-corrected chi connectivity index (χ2v) is 3.65. The minimum atomic E-state index is -1.36. The molecule has 1 aromatic rings. The second-order valence-electron chi connectivity index (χ2n) is 3.65. The van der Waals surface area contributed by atoms with E-state index < -0.39 is 30.2 Å². The number of rotatable bonds is 6. The van der Waals surface area contributed by atoms with Gasteiger partial charge < -0.3 is 20.6 Å². The summed E-state index contributed by atoms with van der Waals surface area (Å²) < 4.78 is 5.16. The fourth-order valence-electron chi connectivity index (χ4n) is 1.32. The number of primary amides is 1. The van der Waals surface area contributed by atoms with E-state index in [0.29, 0.717) is 12.2 Å². The summed E-state index contributed by atoms with van der Waals surface area (Å²) in [5.74, 6) is -2.21. The van der Waals surface area contributed by atoms with Gasteiger partial charge in [0.05, 0.1) is 6.42 Å². The van der Waals surface area contributed by atoms with Gasteiger partial charge in [-0.15, -0.1) is 0 Å². The Kier molecular flexibility index (Phi) is 4.47. The molecule has 7 heteroatoms. The standard InChI is InChI=1S/C11H14N2O5/c1-2-6-3-4-8(18-6)10(15)13-7(11(16)17)5-9(12)14/h3-4,7H,2,5H2,1H3,(H2,12,14)(H,13,15)(H,16,17)/t7-/m1/s1. The third kappa shape index (κ3) is 3.62. The topological polar surface area (TPSA) is 123 Å². The maximum atomic E-state index is 11.6. The van der Waals surface area contributed by atoms with Gasteiger partial charge >= 0.3 is 5.97 Å². The van der Waals surface area contributed by atoms with Crippen LogP contribution in [-0.4, -0.2) is 28.9 Å². The molecule has 0 saturated carbocycles. The van der Waals surface area contributed by atoms with Gasteiger partial charge in [0.15, 0.2) is 5.76 Å². The monoisotopic (exact) mass is 254 g/mol. The van der Waals surface area contributed by atoms with Crippen molar-refractivity contribution in [1.82, 2.24) is 5.32 Å². The fourth-order valence-corrected chi connectivity index (χ4v) is 1.32. The highest BCUT2D eigenvalue weighted by atomic mass is 16.4. The number of carboxylic acid groups (broad SMARTS) is 1. The number of furan rings is 1. The first-order chi connectivity index (χ1) is 8.43. The van der Waals surface area contributed by atoms with Crippen LogP contribution in [0.5, 0.6) is 0 Å². The number of aryl methyl sites for hydroxylation is 1. The van der Waals surface area contributed by atoms with E-state index in [2.05, 4.69) is 5.32 Å². The lowest BCUT2D eigenvalue weighted by Crippen LogP contribution is -2.43. The van der Waals surface area contributed by atoms with Gasteiger partial charge in [-0.3, -0.25) is 9.59 Å². The van der Waals surface area contributed by atoms with Gasteiger partial charge in [0.2, 0.25) is 5.91 Å². The summed E-state index contributed by atoms with van der Waals surface area (Å²) >= 11 is 0. The number of carboxylic acids is 1. The third-order valence-corrected chi connectivity index (χ3v) is 2.24. The lowest BCUT2D eigenvalue weighted by atomic mass is 10.2. The Morgan fingerprint density at radius 3 is 2.56 bits per heavy atom. The Hall–Kier alpha value is -2.31. The van der Waals surface area contributed by atoms with Crippen LogP contribution in [0.25, 0.3) is 0 Å². The van der Waals surface area contributed by atoms with Crippen molar-refractivity contribution in [3.8, 4) is 0 Å². The van der Waals surface area contributed by atoms with Gasteiger partial charge in [0.1, 0.15) is 11.8 Å². The van der Waals surface area contributed by atoms with Gasteiger partial charge in [-0.1, -0.05) is 6.92 Å². The molecule has 0 radical (unpaired) electrons. The maximum Gasteiger partial charge on any atom is 0.326 e. The molecule has 7 nitrogen and oxygen atoms in total. The Labute approximate surface area is 103 Å². The SMILES string of the molecule is CCc1ccc(C(=O)N[C@H](CC(N)=O)C(=O)O)o1.